The van der Waals surface area contributed by atoms with Crippen LogP contribution in [0.15, 0.2) is 52.9 Å². The lowest BCUT2D eigenvalue weighted by Crippen LogP contribution is -2.12. The van der Waals surface area contributed by atoms with E-state index in [1.165, 1.54) is 18.2 Å². The second-order valence-corrected chi connectivity index (χ2v) is 7.11. The summed E-state index contributed by atoms with van der Waals surface area (Å²) in [6.07, 6.45) is 0. The SMILES string of the molecule is Cc1cc(O)c(C(C)C)cc1NC(=O)c1ccc(COc2ccccc2[N+](=O)[O-])o1. The molecule has 0 atom stereocenters. The van der Waals surface area contributed by atoms with Gasteiger partial charge >= 0.3 is 5.69 Å². The van der Waals surface area contributed by atoms with Crippen LogP contribution in [0.1, 0.15) is 47.2 Å². The molecule has 30 heavy (non-hydrogen) atoms. The van der Waals surface area contributed by atoms with Crippen LogP contribution < -0.4 is 10.1 Å². The number of hydrogen-bond acceptors (Lipinski definition) is 6. The molecule has 0 aliphatic heterocycles. The third-order valence-corrected chi connectivity index (χ3v) is 4.56. The van der Waals surface area contributed by atoms with E-state index in [-0.39, 0.29) is 35.5 Å². The fourth-order valence-electron chi connectivity index (χ4n) is 2.95. The van der Waals surface area contributed by atoms with Crippen molar-refractivity contribution < 1.29 is 24.0 Å². The van der Waals surface area contributed by atoms with Crippen LogP contribution in [0.4, 0.5) is 11.4 Å². The Balaban J connectivity index is 1.70. The summed E-state index contributed by atoms with van der Waals surface area (Å²) in [5.41, 5.74) is 1.88. The highest BCUT2D eigenvalue weighted by molar-refractivity contribution is 6.02. The van der Waals surface area contributed by atoms with Crippen molar-refractivity contribution in [1.29, 1.82) is 0 Å². The normalized spacial score (nSPS) is 10.8. The van der Waals surface area contributed by atoms with Crippen LogP contribution >= 0.6 is 0 Å². The number of carbonyl (C=O) groups is 1. The summed E-state index contributed by atoms with van der Waals surface area (Å²) in [5, 5.41) is 23.9. The number of ether oxygens (including phenoxy) is 1. The van der Waals surface area contributed by atoms with E-state index in [4.69, 9.17) is 9.15 Å². The zero-order valence-corrected chi connectivity index (χ0v) is 16.8. The zero-order valence-electron chi connectivity index (χ0n) is 16.8. The molecule has 0 spiro atoms. The van der Waals surface area contributed by atoms with Gasteiger partial charge in [0, 0.05) is 11.8 Å². The Kier molecular flexibility index (Phi) is 6.06. The first kappa shape index (κ1) is 20.9. The third-order valence-electron chi connectivity index (χ3n) is 4.56. The summed E-state index contributed by atoms with van der Waals surface area (Å²) in [4.78, 5) is 23.1. The van der Waals surface area contributed by atoms with Crippen LogP contribution in [0.5, 0.6) is 11.5 Å². The maximum atomic E-state index is 12.6. The predicted octanol–water partition coefficient (Wildman–Crippen LogP) is 5.16. The van der Waals surface area contributed by atoms with E-state index in [2.05, 4.69) is 5.32 Å². The summed E-state index contributed by atoms with van der Waals surface area (Å²) < 4.78 is 11.0. The Morgan fingerprint density at radius 2 is 1.97 bits per heavy atom. The fourth-order valence-corrected chi connectivity index (χ4v) is 2.95. The Morgan fingerprint density at radius 1 is 1.23 bits per heavy atom. The quantitative estimate of drug-likeness (QED) is 0.316. The molecule has 2 aromatic carbocycles. The lowest BCUT2D eigenvalue weighted by molar-refractivity contribution is -0.386. The van der Waals surface area contributed by atoms with Crippen LogP contribution in [0.25, 0.3) is 0 Å². The van der Waals surface area contributed by atoms with Crippen LogP contribution in [-0.4, -0.2) is 15.9 Å². The van der Waals surface area contributed by atoms with E-state index in [9.17, 15) is 20.0 Å². The molecule has 2 N–H and O–H groups in total. The smallest absolute Gasteiger partial charge is 0.310 e. The molecule has 0 saturated carbocycles. The first-order valence-electron chi connectivity index (χ1n) is 9.36. The van der Waals surface area contributed by atoms with Crippen molar-refractivity contribution in [2.24, 2.45) is 0 Å². The van der Waals surface area contributed by atoms with Gasteiger partial charge in [0.25, 0.3) is 5.91 Å². The van der Waals surface area contributed by atoms with Gasteiger partial charge in [-0.1, -0.05) is 26.0 Å². The molecule has 8 nitrogen and oxygen atoms in total. The number of anilines is 1. The van der Waals surface area contributed by atoms with Gasteiger partial charge in [0.1, 0.15) is 18.1 Å². The van der Waals surface area contributed by atoms with Crippen molar-refractivity contribution in [2.75, 3.05) is 5.32 Å². The van der Waals surface area contributed by atoms with Gasteiger partial charge in [-0.25, -0.2) is 0 Å². The number of nitrogens with one attached hydrogen (secondary N) is 1. The van der Waals surface area contributed by atoms with Gasteiger partial charge in [0.2, 0.25) is 0 Å². The van der Waals surface area contributed by atoms with Gasteiger partial charge in [-0.05, 0) is 54.3 Å². The number of amides is 1. The minimum atomic E-state index is -0.526. The molecule has 3 aromatic rings. The van der Waals surface area contributed by atoms with Crippen molar-refractivity contribution >= 4 is 17.3 Å². The van der Waals surface area contributed by atoms with Crippen LogP contribution in [0.2, 0.25) is 0 Å². The molecular formula is C22H22N2O6. The molecule has 3 rings (SSSR count). The van der Waals surface area contributed by atoms with E-state index >= 15 is 0 Å². The Bertz CT molecular complexity index is 1090. The predicted molar refractivity (Wildman–Crippen MR) is 111 cm³/mol. The van der Waals surface area contributed by atoms with Crippen LogP contribution in [-0.2, 0) is 6.61 Å². The summed E-state index contributed by atoms with van der Waals surface area (Å²) in [7, 11) is 0. The van der Waals surface area contributed by atoms with Gasteiger partial charge in [-0.2, -0.15) is 0 Å². The number of nitrogens with zero attached hydrogens (tertiary/aromatic N) is 1. The minimum absolute atomic E-state index is 0.0616. The average Bonchev–Trinajstić information content (AvgIpc) is 3.17. The number of nitro benzene ring substituents is 1. The third kappa shape index (κ3) is 4.60. The molecule has 1 amide bonds. The van der Waals surface area contributed by atoms with Crippen molar-refractivity contribution in [3.05, 3.63) is 81.3 Å². The lowest BCUT2D eigenvalue weighted by Gasteiger charge is -2.14. The molecule has 1 heterocycles. The Morgan fingerprint density at radius 3 is 2.67 bits per heavy atom. The Hall–Kier alpha value is -3.81. The van der Waals surface area contributed by atoms with Crippen molar-refractivity contribution in [3.63, 3.8) is 0 Å². The number of hydrogen-bond donors (Lipinski definition) is 2. The van der Waals surface area contributed by atoms with Gasteiger partial charge < -0.3 is 19.6 Å². The fraction of sp³-hybridized carbons (Fsp3) is 0.227. The standard InChI is InChI=1S/C22H22N2O6/c1-13(2)16-11-17(14(3)10-19(16)25)23-22(26)21-9-8-15(30-21)12-29-20-7-5-4-6-18(20)24(27)28/h4-11,13,25H,12H2,1-3H3,(H,23,26). The monoisotopic (exact) mass is 410 g/mol. The second kappa shape index (κ2) is 8.69. The van der Waals surface area contributed by atoms with E-state index in [0.717, 1.165) is 11.1 Å². The van der Waals surface area contributed by atoms with Crippen molar-refractivity contribution in [3.8, 4) is 11.5 Å². The van der Waals surface area contributed by atoms with E-state index in [1.54, 1.807) is 37.3 Å². The first-order chi connectivity index (χ1) is 14.3. The molecule has 0 aliphatic rings. The largest absolute Gasteiger partial charge is 0.508 e. The Labute approximate surface area is 173 Å². The molecule has 0 radical (unpaired) electrons. The zero-order chi connectivity index (χ0) is 21.8. The molecule has 8 heteroatoms. The van der Waals surface area contributed by atoms with Crippen molar-refractivity contribution in [1.82, 2.24) is 0 Å². The van der Waals surface area contributed by atoms with Crippen LogP contribution in [0, 0.1) is 17.0 Å². The number of aryl methyl sites for hydroxylation is 1. The number of para-hydroxylation sites is 2. The first-order valence-corrected chi connectivity index (χ1v) is 9.36. The highest BCUT2D eigenvalue weighted by atomic mass is 16.6. The number of rotatable bonds is 7. The highest BCUT2D eigenvalue weighted by Crippen LogP contribution is 2.31. The number of nitro groups is 1. The molecule has 156 valence electrons. The number of carbonyl (C=O) groups excluding carboxylic acids is 1. The molecule has 0 saturated heterocycles. The second-order valence-electron chi connectivity index (χ2n) is 7.11. The molecule has 0 fully saturated rings. The number of benzene rings is 2. The van der Waals surface area contributed by atoms with E-state index in [0.29, 0.717) is 11.4 Å². The van der Waals surface area contributed by atoms with Gasteiger partial charge in [0.15, 0.2) is 11.5 Å². The summed E-state index contributed by atoms with van der Waals surface area (Å²) in [6, 6.07) is 12.5. The summed E-state index contributed by atoms with van der Waals surface area (Å²) in [5.74, 6) is 0.378. The topological polar surface area (TPSA) is 115 Å². The number of furan rings is 1. The van der Waals surface area contributed by atoms with Crippen molar-refractivity contribution in [2.45, 2.75) is 33.3 Å². The van der Waals surface area contributed by atoms with E-state index < -0.39 is 10.8 Å². The molecule has 0 aliphatic carbocycles. The molecular weight excluding hydrogens is 388 g/mol. The molecule has 0 bridgehead atoms. The van der Waals surface area contributed by atoms with E-state index in [1.807, 2.05) is 13.8 Å². The van der Waals surface area contributed by atoms with Gasteiger partial charge in [0.05, 0.1) is 4.92 Å². The summed E-state index contributed by atoms with van der Waals surface area (Å²) in [6.45, 7) is 5.62. The average molecular weight is 410 g/mol. The number of phenolic OH excluding ortho intramolecular Hbond substituents is 1. The van der Waals surface area contributed by atoms with Gasteiger partial charge in [-0.15, -0.1) is 0 Å². The maximum absolute atomic E-state index is 12.6. The number of phenols is 1. The molecule has 1 aromatic heterocycles. The highest BCUT2D eigenvalue weighted by Gasteiger charge is 2.17. The maximum Gasteiger partial charge on any atom is 0.310 e. The summed E-state index contributed by atoms with van der Waals surface area (Å²) >= 11 is 0. The lowest BCUT2D eigenvalue weighted by atomic mass is 9.99. The molecule has 0 unspecified atom stereocenters. The number of aromatic hydroxyl groups is 1. The van der Waals surface area contributed by atoms with Crippen LogP contribution in [0.3, 0.4) is 0 Å². The van der Waals surface area contributed by atoms with Gasteiger partial charge in [-0.3, -0.25) is 14.9 Å². The minimum Gasteiger partial charge on any atom is -0.508 e.